The van der Waals surface area contributed by atoms with Crippen LogP contribution < -0.4 is 5.11 Å². The van der Waals surface area contributed by atoms with Gasteiger partial charge in [0.2, 0.25) is 0 Å². The average molecular weight is 220 g/mol. The lowest BCUT2D eigenvalue weighted by atomic mass is 10.1. The maximum atomic E-state index is 10.9. The monoisotopic (exact) mass is 220 g/mol. The summed E-state index contributed by atoms with van der Waals surface area (Å²) in [7, 11) is 8.50. The molecule has 0 fully saturated rings. The zero-order chi connectivity index (χ0) is 12.3. The number of amides is 1. The van der Waals surface area contributed by atoms with Crippen LogP contribution in [0.2, 0.25) is 0 Å². The third-order valence-electron chi connectivity index (χ3n) is 1.59. The highest BCUT2D eigenvalue weighted by molar-refractivity contribution is 6.16. The number of hydrogen-bond acceptors (Lipinski definition) is 2. The molecular weight excluding hydrogens is 204 g/mol. The van der Waals surface area contributed by atoms with Crippen molar-refractivity contribution in [3.8, 4) is 0 Å². The van der Waals surface area contributed by atoms with E-state index in [4.69, 9.17) is 0 Å². The van der Waals surface area contributed by atoms with Gasteiger partial charge in [0.25, 0.3) is 5.91 Å². The molecule has 4 nitrogen and oxygen atoms in total. The highest BCUT2D eigenvalue weighted by atomic mass is 16.3. The number of nitrogens with zero attached hydrogens (tertiary/aromatic N) is 2. The van der Waals surface area contributed by atoms with Crippen LogP contribution in [0.1, 0.15) is 15.9 Å². The molecule has 0 radical (unpaired) electrons. The standard InChI is InChI=1S/C8H5NO2.C4H12N/c10-7-5-3-1-2-4-6(5)8(11)9-7;1-5(2,3)4/h1-4H,(H,9,10,11);1-4H3/q;+1/p-1. The quantitative estimate of drug-likeness (QED) is 0.589. The van der Waals surface area contributed by atoms with Crippen LogP contribution in [-0.4, -0.2) is 44.5 Å². The Kier molecular flexibility index (Phi) is 3.44. The minimum atomic E-state index is -0.425. The van der Waals surface area contributed by atoms with Gasteiger partial charge in [0.15, 0.2) is 0 Å². The van der Waals surface area contributed by atoms with Crippen molar-refractivity contribution in [3.05, 3.63) is 35.4 Å². The Bertz CT molecular complexity index is 425. The Labute approximate surface area is 95.4 Å². The predicted molar refractivity (Wildman–Crippen MR) is 61.3 cm³/mol. The van der Waals surface area contributed by atoms with Gasteiger partial charge in [0, 0.05) is 5.56 Å². The SMILES string of the molecule is C[N+](C)(C)C.O=C1N=C([O-])c2ccccc21. The zero-order valence-electron chi connectivity index (χ0n) is 10.0. The number of benzene rings is 1. The van der Waals surface area contributed by atoms with E-state index in [1.807, 2.05) is 0 Å². The van der Waals surface area contributed by atoms with Crippen LogP contribution in [0.5, 0.6) is 0 Å². The highest BCUT2D eigenvalue weighted by Crippen LogP contribution is 2.15. The first-order chi connectivity index (χ1) is 7.29. The van der Waals surface area contributed by atoms with Gasteiger partial charge in [-0.05, 0) is 17.5 Å². The first-order valence-electron chi connectivity index (χ1n) is 4.97. The minimum absolute atomic E-state index is 0.414. The molecule has 4 heteroatoms. The largest absolute Gasteiger partial charge is 0.858 e. The summed E-state index contributed by atoms with van der Waals surface area (Å²) in [5.74, 6) is -0.851. The summed E-state index contributed by atoms with van der Waals surface area (Å²) >= 11 is 0. The van der Waals surface area contributed by atoms with Crippen LogP contribution in [0.3, 0.4) is 0 Å². The molecule has 0 bridgehead atoms. The Balaban J connectivity index is 0.000000221. The summed E-state index contributed by atoms with van der Waals surface area (Å²) in [6.07, 6.45) is 0. The number of fused-ring (bicyclic) bond motifs is 1. The van der Waals surface area contributed by atoms with Crippen LogP contribution in [0.4, 0.5) is 0 Å². The molecular formula is C12H16N2O2. The summed E-state index contributed by atoms with van der Waals surface area (Å²) in [5, 5.41) is 10.9. The molecule has 1 aliphatic heterocycles. The van der Waals surface area contributed by atoms with E-state index >= 15 is 0 Å². The van der Waals surface area contributed by atoms with Gasteiger partial charge in [-0.15, -0.1) is 0 Å². The molecule has 1 aromatic carbocycles. The fourth-order valence-corrected chi connectivity index (χ4v) is 1.07. The second-order valence-electron chi connectivity index (χ2n) is 4.95. The summed E-state index contributed by atoms with van der Waals surface area (Å²) < 4.78 is 1.00. The number of quaternary nitrogens is 1. The van der Waals surface area contributed by atoms with E-state index in [1.54, 1.807) is 24.3 Å². The molecule has 86 valence electrons. The Morgan fingerprint density at radius 2 is 1.50 bits per heavy atom. The van der Waals surface area contributed by atoms with Gasteiger partial charge in [-0.3, -0.25) is 4.79 Å². The van der Waals surface area contributed by atoms with Crippen LogP contribution in [0, 0.1) is 0 Å². The van der Waals surface area contributed by atoms with Crippen molar-refractivity contribution in [1.82, 2.24) is 0 Å². The fraction of sp³-hybridized carbons (Fsp3) is 0.333. The van der Waals surface area contributed by atoms with Gasteiger partial charge >= 0.3 is 0 Å². The summed E-state index contributed by atoms with van der Waals surface area (Å²) in [5.41, 5.74) is 0.829. The number of hydrogen-bond donors (Lipinski definition) is 0. The van der Waals surface area contributed by atoms with E-state index in [9.17, 15) is 9.90 Å². The summed E-state index contributed by atoms with van der Waals surface area (Å²) in [4.78, 5) is 14.2. The molecule has 0 spiro atoms. The molecule has 0 atom stereocenters. The molecule has 1 heterocycles. The highest BCUT2D eigenvalue weighted by Gasteiger charge is 2.15. The predicted octanol–water partition coefficient (Wildman–Crippen LogP) is 0.270. The second kappa shape index (κ2) is 4.45. The van der Waals surface area contributed by atoms with Gasteiger partial charge in [0.1, 0.15) is 0 Å². The average Bonchev–Trinajstić information content (AvgIpc) is 2.41. The number of aliphatic imine (C=N–C) groups is 1. The van der Waals surface area contributed by atoms with Gasteiger partial charge < -0.3 is 9.59 Å². The van der Waals surface area contributed by atoms with Crippen molar-refractivity contribution < 1.29 is 14.4 Å². The molecule has 0 saturated heterocycles. The van der Waals surface area contributed by atoms with Crippen LogP contribution in [-0.2, 0) is 0 Å². The van der Waals surface area contributed by atoms with Crippen molar-refractivity contribution in [2.45, 2.75) is 0 Å². The van der Waals surface area contributed by atoms with E-state index < -0.39 is 11.8 Å². The smallest absolute Gasteiger partial charge is 0.277 e. The van der Waals surface area contributed by atoms with Crippen molar-refractivity contribution >= 4 is 11.8 Å². The number of rotatable bonds is 0. The molecule has 0 aliphatic carbocycles. The molecule has 1 amide bonds. The minimum Gasteiger partial charge on any atom is -0.858 e. The van der Waals surface area contributed by atoms with E-state index in [1.165, 1.54) is 0 Å². The molecule has 16 heavy (non-hydrogen) atoms. The van der Waals surface area contributed by atoms with Gasteiger partial charge in [-0.1, -0.05) is 18.2 Å². The van der Waals surface area contributed by atoms with Crippen LogP contribution in [0.25, 0.3) is 0 Å². The molecule has 0 unspecified atom stereocenters. The molecule has 1 aromatic rings. The maximum Gasteiger partial charge on any atom is 0.277 e. The van der Waals surface area contributed by atoms with E-state index in [0.717, 1.165) is 4.48 Å². The third kappa shape index (κ3) is 3.47. The topological polar surface area (TPSA) is 52.5 Å². The number of carbonyl (C=O) groups is 1. The van der Waals surface area contributed by atoms with Gasteiger partial charge in [-0.25, -0.2) is 4.99 Å². The number of carbonyl (C=O) groups excluding carboxylic acids is 1. The van der Waals surface area contributed by atoms with Crippen molar-refractivity contribution in [1.29, 1.82) is 0 Å². The normalized spacial score (nSPS) is 13.8. The lowest BCUT2D eigenvalue weighted by Gasteiger charge is -2.14. The van der Waals surface area contributed by atoms with E-state index in [0.29, 0.717) is 11.1 Å². The lowest BCUT2D eigenvalue weighted by molar-refractivity contribution is -0.849. The maximum absolute atomic E-state index is 10.9. The van der Waals surface area contributed by atoms with Gasteiger partial charge in [0.05, 0.1) is 28.2 Å². The summed E-state index contributed by atoms with van der Waals surface area (Å²) in [6, 6.07) is 6.63. The van der Waals surface area contributed by atoms with Gasteiger partial charge in [-0.2, -0.15) is 0 Å². The van der Waals surface area contributed by atoms with Crippen LogP contribution >= 0.6 is 0 Å². The van der Waals surface area contributed by atoms with Crippen LogP contribution in [0.15, 0.2) is 29.3 Å². The molecule has 1 aliphatic rings. The van der Waals surface area contributed by atoms with Crippen molar-refractivity contribution in [2.75, 3.05) is 28.2 Å². The molecule has 0 aromatic heterocycles. The molecule has 0 N–H and O–H groups in total. The first kappa shape index (κ1) is 12.4. The first-order valence-corrected chi connectivity index (χ1v) is 4.97. The fourth-order valence-electron chi connectivity index (χ4n) is 1.07. The Morgan fingerprint density at radius 1 is 1.06 bits per heavy atom. The van der Waals surface area contributed by atoms with E-state index in [2.05, 4.69) is 33.2 Å². The van der Waals surface area contributed by atoms with Crippen molar-refractivity contribution in [2.24, 2.45) is 4.99 Å². The Hall–Kier alpha value is -1.68. The molecule has 2 rings (SSSR count). The third-order valence-corrected chi connectivity index (χ3v) is 1.59. The van der Waals surface area contributed by atoms with Crippen molar-refractivity contribution in [3.63, 3.8) is 0 Å². The summed E-state index contributed by atoms with van der Waals surface area (Å²) in [6.45, 7) is 0. The Morgan fingerprint density at radius 3 is 1.94 bits per heavy atom. The molecule has 0 saturated carbocycles. The lowest BCUT2D eigenvalue weighted by Crippen LogP contribution is -2.27. The van der Waals surface area contributed by atoms with E-state index in [-0.39, 0.29) is 0 Å². The zero-order valence-corrected chi connectivity index (χ0v) is 10.0. The second-order valence-corrected chi connectivity index (χ2v) is 4.95.